The van der Waals surface area contributed by atoms with Gasteiger partial charge in [-0.1, -0.05) is 12.1 Å². The van der Waals surface area contributed by atoms with E-state index in [0.717, 1.165) is 18.9 Å². The molecule has 1 aliphatic carbocycles. The minimum Gasteiger partial charge on any atom is -0.379 e. The molecule has 132 valence electrons. The number of ether oxygens (including phenoxy) is 2. The highest BCUT2D eigenvalue weighted by molar-refractivity contribution is 5.96. The maximum atomic E-state index is 13.1. The highest BCUT2D eigenvalue weighted by Gasteiger charge is 2.36. The number of benzene rings is 1. The summed E-state index contributed by atoms with van der Waals surface area (Å²) in [6.07, 6.45) is -1.86. The number of halogens is 3. The Balaban J connectivity index is 1.68. The average molecular weight is 343 g/mol. The van der Waals surface area contributed by atoms with E-state index in [1.807, 2.05) is 0 Å². The molecular weight excluding hydrogens is 323 g/mol. The second-order valence-electron chi connectivity index (χ2n) is 6.30. The van der Waals surface area contributed by atoms with Crippen LogP contribution in [0.4, 0.5) is 13.2 Å². The summed E-state index contributed by atoms with van der Waals surface area (Å²) in [6, 6.07) is 4.34. The van der Waals surface area contributed by atoms with Gasteiger partial charge in [0.1, 0.15) is 0 Å². The van der Waals surface area contributed by atoms with E-state index >= 15 is 0 Å². The van der Waals surface area contributed by atoms with Crippen LogP contribution >= 0.6 is 0 Å². The van der Waals surface area contributed by atoms with Crippen molar-refractivity contribution < 1.29 is 27.4 Å². The van der Waals surface area contributed by atoms with Crippen LogP contribution in [0.3, 0.4) is 0 Å². The predicted molar refractivity (Wildman–Crippen MR) is 80.6 cm³/mol. The smallest absolute Gasteiger partial charge is 0.379 e. The molecule has 1 aromatic carbocycles. The SMILES string of the molecule is O=C(N[C@@H]1COCC[C@@H]1OCC1CC1)c1ccccc1C(F)(F)F. The number of hydrogen-bond acceptors (Lipinski definition) is 3. The molecule has 1 aliphatic heterocycles. The maximum Gasteiger partial charge on any atom is 0.417 e. The molecule has 7 heteroatoms. The van der Waals surface area contributed by atoms with Gasteiger partial charge in [-0.25, -0.2) is 0 Å². The third kappa shape index (κ3) is 4.27. The monoisotopic (exact) mass is 343 g/mol. The lowest BCUT2D eigenvalue weighted by molar-refractivity contribution is -0.138. The van der Waals surface area contributed by atoms with Crippen LogP contribution in [0.25, 0.3) is 0 Å². The molecule has 0 spiro atoms. The van der Waals surface area contributed by atoms with Crippen LogP contribution < -0.4 is 5.32 Å². The van der Waals surface area contributed by atoms with Crippen LogP contribution in [-0.4, -0.2) is 37.9 Å². The van der Waals surface area contributed by atoms with Gasteiger partial charge < -0.3 is 14.8 Å². The molecule has 1 aromatic rings. The zero-order valence-corrected chi connectivity index (χ0v) is 13.1. The van der Waals surface area contributed by atoms with Crippen molar-refractivity contribution in [3.05, 3.63) is 35.4 Å². The molecule has 1 heterocycles. The largest absolute Gasteiger partial charge is 0.417 e. The summed E-state index contributed by atoms with van der Waals surface area (Å²) in [5.74, 6) is -0.173. The Hall–Kier alpha value is -1.60. The lowest BCUT2D eigenvalue weighted by Gasteiger charge is -2.32. The third-order valence-corrected chi connectivity index (χ3v) is 4.33. The van der Waals surface area contributed by atoms with E-state index in [1.165, 1.54) is 18.2 Å². The van der Waals surface area contributed by atoms with Gasteiger partial charge >= 0.3 is 6.18 Å². The van der Waals surface area contributed by atoms with Gasteiger partial charge in [0, 0.05) is 13.2 Å². The first-order valence-electron chi connectivity index (χ1n) is 8.11. The van der Waals surface area contributed by atoms with E-state index in [1.54, 1.807) is 0 Å². The van der Waals surface area contributed by atoms with E-state index in [2.05, 4.69) is 5.32 Å². The van der Waals surface area contributed by atoms with Crippen LogP contribution in [0.15, 0.2) is 24.3 Å². The molecule has 2 atom stereocenters. The minimum absolute atomic E-state index is 0.221. The molecule has 2 aliphatic rings. The average Bonchev–Trinajstić information content (AvgIpc) is 3.37. The lowest BCUT2D eigenvalue weighted by Crippen LogP contribution is -2.51. The zero-order chi connectivity index (χ0) is 17.2. The van der Waals surface area contributed by atoms with Gasteiger partial charge in [-0.2, -0.15) is 13.2 Å². The van der Waals surface area contributed by atoms with Gasteiger partial charge in [0.2, 0.25) is 0 Å². The van der Waals surface area contributed by atoms with Gasteiger partial charge in [-0.3, -0.25) is 4.79 Å². The fraction of sp³-hybridized carbons (Fsp3) is 0.588. The number of carbonyl (C=O) groups is 1. The summed E-state index contributed by atoms with van der Waals surface area (Å²) in [7, 11) is 0. The van der Waals surface area contributed by atoms with Gasteiger partial charge in [-0.15, -0.1) is 0 Å². The lowest BCUT2D eigenvalue weighted by atomic mass is 10.0. The predicted octanol–water partition coefficient (Wildman–Crippen LogP) is 3.02. The summed E-state index contributed by atoms with van der Waals surface area (Å²) < 4.78 is 50.3. The molecule has 0 aromatic heterocycles. The number of alkyl halides is 3. The van der Waals surface area contributed by atoms with E-state index in [0.29, 0.717) is 25.6 Å². The van der Waals surface area contributed by atoms with Crippen LogP contribution in [0.1, 0.15) is 35.2 Å². The Morgan fingerprint density at radius 1 is 1.25 bits per heavy atom. The van der Waals surface area contributed by atoms with E-state index in [9.17, 15) is 18.0 Å². The first-order chi connectivity index (χ1) is 11.4. The molecule has 1 saturated heterocycles. The topological polar surface area (TPSA) is 47.6 Å². The molecule has 24 heavy (non-hydrogen) atoms. The molecule has 0 radical (unpaired) electrons. The highest BCUT2D eigenvalue weighted by Crippen LogP contribution is 2.32. The summed E-state index contributed by atoms with van der Waals surface area (Å²) in [4.78, 5) is 12.4. The number of amides is 1. The highest BCUT2D eigenvalue weighted by atomic mass is 19.4. The Kier molecular flexibility index (Phi) is 5.10. The minimum atomic E-state index is -4.57. The van der Waals surface area contributed by atoms with Crippen molar-refractivity contribution >= 4 is 5.91 Å². The second-order valence-corrected chi connectivity index (χ2v) is 6.30. The Labute approximate surface area is 138 Å². The number of nitrogens with one attached hydrogen (secondary N) is 1. The summed E-state index contributed by atoms with van der Waals surface area (Å²) >= 11 is 0. The van der Waals surface area contributed by atoms with Crippen LogP contribution in [-0.2, 0) is 15.7 Å². The van der Waals surface area contributed by atoms with E-state index < -0.39 is 23.7 Å². The molecule has 0 bridgehead atoms. The van der Waals surface area contributed by atoms with Crippen molar-refractivity contribution in [3.8, 4) is 0 Å². The van der Waals surface area contributed by atoms with Gasteiger partial charge in [0.15, 0.2) is 0 Å². The fourth-order valence-corrected chi connectivity index (χ4v) is 2.77. The molecule has 3 rings (SSSR count). The quantitative estimate of drug-likeness (QED) is 0.894. The maximum absolute atomic E-state index is 13.1. The normalized spacial score (nSPS) is 24.6. The fourth-order valence-electron chi connectivity index (χ4n) is 2.77. The first kappa shape index (κ1) is 17.2. The number of carbonyl (C=O) groups excluding carboxylic acids is 1. The second kappa shape index (κ2) is 7.11. The molecule has 1 saturated carbocycles. The molecule has 1 amide bonds. The summed E-state index contributed by atoms with van der Waals surface area (Å²) in [6.45, 7) is 1.41. The van der Waals surface area contributed by atoms with E-state index in [-0.39, 0.29) is 18.3 Å². The van der Waals surface area contributed by atoms with Gasteiger partial charge in [0.05, 0.1) is 29.9 Å². The van der Waals surface area contributed by atoms with Crippen LogP contribution in [0.2, 0.25) is 0 Å². The van der Waals surface area contributed by atoms with E-state index in [4.69, 9.17) is 9.47 Å². The molecule has 2 fully saturated rings. The Bertz CT molecular complexity index is 587. The summed E-state index contributed by atoms with van der Waals surface area (Å²) in [5.41, 5.74) is -1.31. The van der Waals surface area contributed by atoms with Crippen molar-refractivity contribution in [2.24, 2.45) is 5.92 Å². The first-order valence-corrected chi connectivity index (χ1v) is 8.11. The number of rotatable bonds is 5. The Morgan fingerprint density at radius 2 is 2.00 bits per heavy atom. The van der Waals surface area contributed by atoms with Crippen molar-refractivity contribution in [3.63, 3.8) is 0 Å². The zero-order valence-electron chi connectivity index (χ0n) is 13.1. The number of hydrogen-bond donors (Lipinski definition) is 1. The summed E-state index contributed by atoms with van der Waals surface area (Å²) in [5, 5.41) is 2.65. The van der Waals surface area contributed by atoms with Crippen molar-refractivity contribution in [1.29, 1.82) is 0 Å². The molecular formula is C17H20F3NO3. The van der Waals surface area contributed by atoms with Crippen molar-refractivity contribution in [1.82, 2.24) is 5.32 Å². The van der Waals surface area contributed by atoms with Gasteiger partial charge in [0.25, 0.3) is 5.91 Å². The van der Waals surface area contributed by atoms with Crippen molar-refractivity contribution in [2.45, 2.75) is 37.6 Å². The molecule has 0 unspecified atom stereocenters. The van der Waals surface area contributed by atoms with Gasteiger partial charge in [-0.05, 0) is 37.3 Å². The van der Waals surface area contributed by atoms with Crippen LogP contribution in [0, 0.1) is 5.92 Å². The van der Waals surface area contributed by atoms with Crippen molar-refractivity contribution in [2.75, 3.05) is 19.8 Å². The Morgan fingerprint density at radius 3 is 2.71 bits per heavy atom. The standard InChI is InChI=1S/C17H20F3NO3/c18-17(19,20)13-4-2-1-3-12(13)16(22)21-14-10-23-8-7-15(14)24-9-11-5-6-11/h1-4,11,14-15H,5-10H2,(H,21,22)/t14-,15+/m1/s1. The third-order valence-electron chi connectivity index (χ3n) is 4.33. The van der Waals surface area contributed by atoms with Crippen LogP contribution in [0.5, 0.6) is 0 Å². The molecule has 1 N–H and O–H groups in total. The molecule has 4 nitrogen and oxygen atoms in total.